The number of carbonyl (C=O) groups excluding carboxylic acids is 2. The van der Waals surface area contributed by atoms with E-state index in [1.807, 2.05) is 0 Å². The van der Waals surface area contributed by atoms with E-state index in [4.69, 9.17) is 4.74 Å². The molecular formula is C14H18N2O3. The highest BCUT2D eigenvalue weighted by atomic mass is 16.5. The number of nitrogens with one attached hydrogen (secondary N) is 2. The number of rotatable bonds is 4. The summed E-state index contributed by atoms with van der Waals surface area (Å²) in [5.74, 6) is -0.238. The van der Waals surface area contributed by atoms with Crippen LogP contribution in [0, 0.1) is 5.41 Å². The van der Waals surface area contributed by atoms with Crippen LogP contribution in [0.2, 0.25) is 0 Å². The van der Waals surface area contributed by atoms with Crippen molar-refractivity contribution in [1.29, 1.82) is 0 Å². The minimum absolute atomic E-state index is 0.0613. The molecule has 1 heterocycles. The van der Waals surface area contributed by atoms with E-state index >= 15 is 0 Å². The average molecular weight is 262 g/mol. The van der Waals surface area contributed by atoms with Gasteiger partial charge in [-0.2, -0.15) is 0 Å². The molecule has 19 heavy (non-hydrogen) atoms. The standard InChI is InChI=1S/C14H18N2O3/c1-10(17)16-12-5-3-11(4-6-12)13(18)15-7-14(2)8-19-9-14/h3-6H,7-9H2,1-2H3,(H,15,18)(H,16,17). The Morgan fingerprint density at radius 1 is 1.26 bits per heavy atom. The van der Waals surface area contributed by atoms with Crippen LogP contribution >= 0.6 is 0 Å². The van der Waals surface area contributed by atoms with Gasteiger partial charge < -0.3 is 15.4 Å². The van der Waals surface area contributed by atoms with Crippen molar-refractivity contribution in [1.82, 2.24) is 5.32 Å². The second-order valence-corrected chi connectivity index (χ2v) is 5.24. The van der Waals surface area contributed by atoms with Crippen LogP contribution < -0.4 is 10.6 Å². The quantitative estimate of drug-likeness (QED) is 0.862. The molecule has 0 aliphatic carbocycles. The van der Waals surface area contributed by atoms with E-state index in [0.29, 0.717) is 31.0 Å². The van der Waals surface area contributed by atoms with E-state index in [9.17, 15) is 9.59 Å². The number of hydrogen-bond donors (Lipinski definition) is 2. The molecule has 0 atom stereocenters. The Labute approximate surface area is 112 Å². The first-order chi connectivity index (χ1) is 8.98. The third-order valence-electron chi connectivity index (χ3n) is 3.04. The lowest BCUT2D eigenvalue weighted by Crippen LogP contribution is -2.48. The molecule has 5 heteroatoms. The normalized spacial score (nSPS) is 16.3. The van der Waals surface area contributed by atoms with Gasteiger partial charge in [-0.05, 0) is 24.3 Å². The van der Waals surface area contributed by atoms with Gasteiger partial charge in [-0.1, -0.05) is 6.92 Å². The molecule has 5 nitrogen and oxygen atoms in total. The first-order valence-corrected chi connectivity index (χ1v) is 6.22. The maximum atomic E-state index is 11.9. The summed E-state index contributed by atoms with van der Waals surface area (Å²) in [5.41, 5.74) is 1.33. The zero-order valence-corrected chi connectivity index (χ0v) is 11.2. The van der Waals surface area contributed by atoms with Gasteiger partial charge in [0, 0.05) is 30.1 Å². The smallest absolute Gasteiger partial charge is 0.251 e. The first-order valence-electron chi connectivity index (χ1n) is 6.22. The van der Waals surface area contributed by atoms with Crippen LogP contribution in [0.4, 0.5) is 5.69 Å². The second kappa shape index (κ2) is 5.40. The molecule has 0 unspecified atom stereocenters. The third-order valence-corrected chi connectivity index (χ3v) is 3.04. The fraction of sp³-hybridized carbons (Fsp3) is 0.429. The van der Waals surface area contributed by atoms with Crippen LogP contribution in [-0.2, 0) is 9.53 Å². The number of ether oxygens (including phenoxy) is 1. The molecule has 0 aromatic heterocycles. The van der Waals surface area contributed by atoms with Gasteiger partial charge in [-0.3, -0.25) is 9.59 Å². The van der Waals surface area contributed by atoms with Crippen molar-refractivity contribution >= 4 is 17.5 Å². The zero-order chi connectivity index (χ0) is 13.9. The van der Waals surface area contributed by atoms with Crippen molar-refractivity contribution in [3.63, 3.8) is 0 Å². The highest BCUT2D eigenvalue weighted by Crippen LogP contribution is 2.25. The minimum Gasteiger partial charge on any atom is -0.380 e. The Bertz CT molecular complexity index is 478. The van der Waals surface area contributed by atoms with E-state index in [2.05, 4.69) is 17.6 Å². The molecule has 1 fully saturated rings. The zero-order valence-electron chi connectivity index (χ0n) is 11.2. The molecule has 1 saturated heterocycles. The number of amides is 2. The van der Waals surface area contributed by atoms with Crippen LogP contribution in [0.3, 0.4) is 0 Å². The summed E-state index contributed by atoms with van der Waals surface area (Å²) in [6.45, 7) is 5.52. The van der Waals surface area contributed by atoms with Gasteiger partial charge in [0.15, 0.2) is 0 Å². The Balaban J connectivity index is 1.90. The summed E-state index contributed by atoms with van der Waals surface area (Å²) in [6.07, 6.45) is 0. The van der Waals surface area contributed by atoms with Crippen LogP contribution in [0.1, 0.15) is 24.2 Å². The highest BCUT2D eigenvalue weighted by Gasteiger charge is 2.33. The monoisotopic (exact) mass is 262 g/mol. The Morgan fingerprint density at radius 2 is 1.89 bits per heavy atom. The van der Waals surface area contributed by atoms with E-state index in [-0.39, 0.29) is 17.2 Å². The lowest BCUT2D eigenvalue weighted by molar-refractivity contribution is -0.114. The van der Waals surface area contributed by atoms with Gasteiger partial charge in [0.2, 0.25) is 5.91 Å². The molecule has 102 valence electrons. The van der Waals surface area contributed by atoms with E-state index in [1.54, 1.807) is 24.3 Å². The predicted octanol–water partition coefficient (Wildman–Crippen LogP) is 1.41. The molecule has 0 radical (unpaired) electrons. The summed E-state index contributed by atoms with van der Waals surface area (Å²) in [6, 6.07) is 6.81. The van der Waals surface area contributed by atoms with Crippen LogP contribution in [0.15, 0.2) is 24.3 Å². The molecule has 2 rings (SSSR count). The molecule has 2 amide bonds. The largest absolute Gasteiger partial charge is 0.380 e. The van der Waals surface area contributed by atoms with Gasteiger partial charge >= 0.3 is 0 Å². The van der Waals surface area contributed by atoms with Crippen molar-refractivity contribution < 1.29 is 14.3 Å². The van der Waals surface area contributed by atoms with Crippen molar-refractivity contribution in [2.75, 3.05) is 25.1 Å². The minimum atomic E-state index is -0.130. The van der Waals surface area contributed by atoms with Crippen LogP contribution in [-0.4, -0.2) is 31.6 Å². The lowest BCUT2D eigenvalue weighted by atomic mass is 9.88. The van der Waals surface area contributed by atoms with Gasteiger partial charge in [0.25, 0.3) is 5.91 Å². The van der Waals surface area contributed by atoms with E-state index in [0.717, 1.165) is 0 Å². The second-order valence-electron chi connectivity index (χ2n) is 5.24. The molecule has 1 aliphatic heterocycles. The van der Waals surface area contributed by atoms with Crippen LogP contribution in [0.25, 0.3) is 0 Å². The van der Waals surface area contributed by atoms with Crippen molar-refractivity contribution in [2.45, 2.75) is 13.8 Å². The Hall–Kier alpha value is -1.88. The molecule has 0 spiro atoms. The lowest BCUT2D eigenvalue weighted by Gasteiger charge is -2.38. The molecule has 0 saturated carbocycles. The number of anilines is 1. The summed E-state index contributed by atoms with van der Waals surface area (Å²) in [7, 11) is 0. The topological polar surface area (TPSA) is 67.4 Å². The maximum Gasteiger partial charge on any atom is 0.251 e. The first kappa shape index (κ1) is 13.5. The Morgan fingerprint density at radius 3 is 2.37 bits per heavy atom. The molecule has 1 aromatic rings. The van der Waals surface area contributed by atoms with Gasteiger partial charge in [-0.25, -0.2) is 0 Å². The van der Waals surface area contributed by atoms with Gasteiger partial charge in [-0.15, -0.1) is 0 Å². The highest BCUT2D eigenvalue weighted by molar-refractivity contribution is 5.95. The molecular weight excluding hydrogens is 244 g/mol. The van der Waals surface area contributed by atoms with Gasteiger partial charge in [0.1, 0.15) is 0 Å². The number of hydrogen-bond acceptors (Lipinski definition) is 3. The molecule has 1 aromatic carbocycles. The maximum absolute atomic E-state index is 11.9. The fourth-order valence-corrected chi connectivity index (χ4v) is 1.86. The van der Waals surface area contributed by atoms with E-state index < -0.39 is 0 Å². The third kappa shape index (κ3) is 3.54. The predicted molar refractivity (Wildman–Crippen MR) is 72.0 cm³/mol. The molecule has 2 N–H and O–H groups in total. The summed E-state index contributed by atoms with van der Waals surface area (Å²) < 4.78 is 5.14. The Kier molecular flexibility index (Phi) is 3.85. The van der Waals surface area contributed by atoms with Gasteiger partial charge in [0.05, 0.1) is 13.2 Å². The van der Waals surface area contributed by atoms with Crippen LogP contribution in [0.5, 0.6) is 0 Å². The summed E-state index contributed by atoms with van der Waals surface area (Å²) in [5, 5.41) is 5.55. The number of carbonyl (C=O) groups is 2. The van der Waals surface area contributed by atoms with E-state index in [1.165, 1.54) is 6.92 Å². The molecule has 0 bridgehead atoms. The molecule has 1 aliphatic rings. The fourth-order valence-electron chi connectivity index (χ4n) is 1.86. The number of benzene rings is 1. The van der Waals surface area contributed by atoms with Crippen molar-refractivity contribution in [2.24, 2.45) is 5.41 Å². The van der Waals surface area contributed by atoms with Crippen molar-refractivity contribution in [3.8, 4) is 0 Å². The summed E-state index contributed by atoms with van der Waals surface area (Å²) >= 11 is 0. The average Bonchev–Trinajstić information content (AvgIpc) is 2.34. The summed E-state index contributed by atoms with van der Waals surface area (Å²) in [4.78, 5) is 22.8. The SMILES string of the molecule is CC(=O)Nc1ccc(C(=O)NCC2(C)COC2)cc1. The van der Waals surface area contributed by atoms with Crippen molar-refractivity contribution in [3.05, 3.63) is 29.8 Å².